The van der Waals surface area contributed by atoms with Crippen molar-refractivity contribution < 1.29 is 4.79 Å². The van der Waals surface area contributed by atoms with E-state index in [4.69, 9.17) is 0 Å². The number of aryl methyl sites for hydroxylation is 1. The summed E-state index contributed by atoms with van der Waals surface area (Å²) in [6.07, 6.45) is 4.20. The van der Waals surface area contributed by atoms with E-state index in [-0.39, 0.29) is 5.91 Å². The van der Waals surface area contributed by atoms with Gasteiger partial charge in [0.05, 0.1) is 10.7 Å². The molecule has 0 saturated carbocycles. The monoisotopic (exact) mass is 326 g/mol. The molecule has 6 heteroatoms. The van der Waals surface area contributed by atoms with Crippen LogP contribution in [0.2, 0.25) is 0 Å². The Morgan fingerprint density at radius 2 is 2.32 bits per heavy atom. The minimum Gasteiger partial charge on any atom is -0.334 e. The highest BCUT2D eigenvalue weighted by Crippen LogP contribution is 2.24. The van der Waals surface area contributed by atoms with E-state index in [9.17, 15) is 4.79 Å². The summed E-state index contributed by atoms with van der Waals surface area (Å²) < 4.78 is 2.57. The second-order valence-corrected chi connectivity index (χ2v) is 6.09. The fourth-order valence-electron chi connectivity index (χ4n) is 3.14. The summed E-state index contributed by atoms with van der Waals surface area (Å²) in [5, 5.41) is 4.23. The van der Waals surface area contributed by atoms with Crippen LogP contribution in [0.3, 0.4) is 0 Å². The second kappa shape index (κ2) is 5.25. The zero-order chi connectivity index (χ0) is 13.4. The summed E-state index contributed by atoms with van der Waals surface area (Å²) >= 11 is 3.44. The van der Waals surface area contributed by atoms with Crippen molar-refractivity contribution in [2.75, 3.05) is 26.2 Å². The molecular formula is C13H19BrN4O. The first-order valence-corrected chi connectivity index (χ1v) is 7.74. The zero-order valence-corrected chi connectivity index (χ0v) is 12.8. The molecule has 2 fully saturated rings. The fourth-order valence-corrected chi connectivity index (χ4v) is 3.61. The van der Waals surface area contributed by atoms with E-state index in [0.717, 1.165) is 30.7 Å². The van der Waals surface area contributed by atoms with Crippen molar-refractivity contribution in [3.63, 3.8) is 0 Å². The highest BCUT2D eigenvalue weighted by Gasteiger charge is 2.34. The van der Waals surface area contributed by atoms with Crippen molar-refractivity contribution in [2.45, 2.75) is 32.4 Å². The van der Waals surface area contributed by atoms with Gasteiger partial charge in [0.1, 0.15) is 5.69 Å². The van der Waals surface area contributed by atoms with Crippen LogP contribution in [-0.2, 0) is 6.54 Å². The molecule has 3 rings (SSSR count). The van der Waals surface area contributed by atoms with E-state index in [1.54, 1.807) is 10.9 Å². The van der Waals surface area contributed by atoms with Crippen molar-refractivity contribution in [3.05, 3.63) is 16.4 Å². The number of rotatable bonds is 2. The summed E-state index contributed by atoms with van der Waals surface area (Å²) in [6, 6.07) is 0.564. The van der Waals surface area contributed by atoms with Gasteiger partial charge in [0.25, 0.3) is 5.91 Å². The number of halogens is 1. The molecule has 3 heterocycles. The number of nitrogens with zero attached hydrogens (tertiary/aromatic N) is 4. The van der Waals surface area contributed by atoms with Crippen LogP contribution in [0.1, 0.15) is 30.3 Å². The average Bonchev–Trinajstić information content (AvgIpc) is 3.02. The molecule has 0 unspecified atom stereocenters. The van der Waals surface area contributed by atoms with E-state index >= 15 is 0 Å². The van der Waals surface area contributed by atoms with Gasteiger partial charge in [0.15, 0.2) is 0 Å². The number of hydrogen-bond donors (Lipinski definition) is 0. The first-order chi connectivity index (χ1) is 9.20. The number of carbonyl (C=O) groups is 1. The summed E-state index contributed by atoms with van der Waals surface area (Å²) in [6.45, 7) is 6.62. The zero-order valence-electron chi connectivity index (χ0n) is 11.2. The van der Waals surface area contributed by atoms with Gasteiger partial charge in [-0.05, 0) is 42.2 Å². The molecule has 2 saturated heterocycles. The van der Waals surface area contributed by atoms with Crippen LogP contribution in [0, 0.1) is 0 Å². The van der Waals surface area contributed by atoms with Gasteiger partial charge in [-0.25, -0.2) is 0 Å². The largest absolute Gasteiger partial charge is 0.334 e. The van der Waals surface area contributed by atoms with E-state index in [1.165, 1.54) is 19.4 Å². The molecule has 2 aliphatic heterocycles. The molecule has 1 aromatic rings. The van der Waals surface area contributed by atoms with Crippen LogP contribution in [0.25, 0.3) is 0 Å². The third-order valence-corrected chi connectivity index (χ3v) is 4.75. The molecule has 19 heavy (non-hydrogen) atoms. The van der Waals surface area contributed by atoms with Gasteiger partial charge in [0.2, 0.25) is 0 Å². The maximum atomic E-state index is 12.7. The van der Waals surface area contributed by atoms with Crippen LogP contribution in [0.4, 0.5) is 0 Å². The minimum absolute atomic E-state index is 0.109. The van der Waals surface area contributed by atoms with Gasteiger partial charge < -0.3 is 4.90 Å². The van der Waals surface area contributed by atoms with Gasteiger partial charge >= 0.3 is 0 Å². The highest BCUT2D eigenvalue weighted by atomic mass is 79.9. The lowest BCUT2D eigenvalue weighted by Gasteiger charge is -2.37. The van der Waals surface area contributed by atoms with Crippen LogP contribution < -0.4 is 0 Å². The summed E-state index contributed by atoms with van der Waals surface area (Å²) in [4.78, 5) is 17.2. The lowest BCUT2D eigenvalue weighted by molar-refractivity contribution is 0.0559. The molecular weight excluding hydrogens is 308 g/mol. The Morgan fingerprint density at radius 1 is 1.47 bits per heavy atom. The maximum Gasteiger partial charge on any atom is 0.273 e. The minimum atomic E-state index is 0.109. The normalized spacial score (nSPS) is 23.7. The number of carbonyl (C=O) groups excluding carboxylic acids is 1. The Labute approximate surface area is 121 Å². The Hall–Kier alpha value is -0.880. The number of piperazine rings is 1. The highest BCUT2D eigenvalue weighted by molar-refractivity contribution is 9.10. The van der Waals surface area contributed by atoms with E-state index in [0.29, 0.717) is 11.7 Å². The van der Waals surface area contributed by atoms with Crippen molar-refractivity contribution in [1.29, 1.82) is 0 Å². The molecule has 0 bridgehead atoms. The average molecular weight is 327 g/mol. The van der Waals surface area contributed by atoms with E-state index in [1.807, 2.05) is 11.8 Å². The molecule has 2 aliphatic rings. The molecule has 0 N–H and O–H groups in total. The molecule has 0 aliphatic carbocycles. The third kappa shape index (κ3) is 2.31. The van der Waals surface area contributed by atoms with Gasteiger partial charge in [-0.2, -0.15) is 5.10 Å². The summed E-state index contributed by atoms with van der Waals surface area (Å²) in [5.41, 5.74) is 0.689. The predicted octanol–water partition coefficient (Wildman–Crippen LogP) is 1.59. The molecule has 1 aromatic heterocycles. The maximum absolute atomic E-state index is 12.7. The molecule has 0 radical (unpaired) electrons. The first-order valence-electron chi connectivity index (χ1n) is 6.95. The second-order valence-electron chi connectivity index (χ2n) is 5.24. The Balaban J connectivity index is 1.78. The Bertz CT molecular complexity index is 487. The van der Waals surface area contributed by atoms with Gasteiger partial charge in [0, 0.05) is 32.2 Å². The number of amides is 1. The van der Waals surface area contributed by atoms with Crippen molar-refractivity contribution in [1.82, 2.24) is 19.6 Å². The topological polar surface area (TPSA) is 41.4 Å². The third-order valence-electron chi connectivity index (χ3n) is 4.17. The molecule has 0 aromatic carbocycles. The van der Waals surface area contributed by atoms with Crippen molar-refractivity contribution in [2.24, 2.45) is 0 Å². The number of hydrogen-bond acceptors (Lipinski definition) is 3. The SMILES string of the molecule is CCn1ncc(Br)c1C(=O)N1CCN2CCC[C@@H]2C1. The fraction of sp³-hybridized carbons (Fsp3) is 0.692. The van der Waals surface area contributed by atoms with Crippen molar-refractivity contribution >= 4 is 21.8 Å². The number of aromatic nitrogens is 2. The summed E-state index contributed by atoms with van der Waals surface area (Å²) in [5.74, 6) is 0.109. The van der Waals surface area contributed by atoms with Crippen LogP contribution in [-0.4, -0.2) is 57.7 Å². The molecule has 1 amide bonds. The van der Waals surface area contributed by atoms with Gasteiger partial charge in [-0.1, -0.05) is 0 Å². The molecule has 5 nitrogen and oxygen atoms in total. The van der Waals surface area contributed by atoms with Crippen molar-refractivity contribution in [3.8, 4) is 0 Å². The van der Waals surface area contributed by atoms with Crippen LogP contribution >= 0.6 is 15.9 Å². The van der Waals surface area contributed by atoms with Gasteiger partial charge in [-0.15, -0.1) is 0 Å². The van der Waals surface area contributed by atoms with Crippen LogP contribution in [0.5, 0.6) is 0 Å². The standard InChI is InChI=1S/C13H19BrN4O/c1-2-18-12(11(14)8-15-18)13(19)17-7-6-16-5-3-4-10(16)9-17/h8,10H,2-7,9H2,1H3/t10-/m1/s1. The Morgan fingerprint density at radius 3 is 3.11 bits per heavy atom. The molecule has 104 valence electrons. The lowest BCUT2D eigenvalue weighted by atomic mass is 10.1. The lowest BCUT2D eigenvalue weighted by Crippen LogP contribution is -2.52. The molecule has 0 spiro atoms. The van der Waals surface area contributed by atoms with E-state index < -0.39 is 0 Å². The van der Waals surface area contributed by atoms with Crippen LogP contribution in [0.15, 0.2) is 10.7 Å². The predicted molar refractivity (Wildman–Crippen MR) is 76.1 cm³/mol. The Kier molecular flexibility index (Phi) is 3.62. The first kappa shape index (κ1) is 13.1. The quantitative estimate of drug-likeness (QED) is 0.828. The smallest absolute Gasteiger partial charge is 0.273 e. The number of fused-ring (bicyclic) bond motifs is 1. The van der Waals surface area contributed by atoms with E-state index in [2.05, 4.69) is 25.9 Å². The summed E-state index contributed by atoms with van der Waals surface area (Å²) in [7, 11) is 0. The van der Waals surface area contributed by atoms with Gasteiger partial charge in [-0.3, -0.25) is 14.4 Å². The molecule has 1 atom stereocenters.